The van der Waals surface area contributed by atoms with Crippen molar-refractivity contribution >= 4 is 56.3 Å². The summed E-state index contributed by atoms with van der Waals surface area (Å²) in [6, 6.07) is 17.1. The average Bonchev–Trinajstić information content (AvgIpc) is 3.84. The first kappa shape index (κ1) is 31.3. The molecular formula is C35H34N4S4. The van der Waals surface area contributed by atoms with E-state index in [4.69, 9.17) is 0 Å². The Balaban J connectivity index is 1.76. The van der Waals surface area contributed by atoms with Crippen LogP contribution in [0.4, 0.5) is 0 Å². The zero-order chi connectivity index (χ0) is 30.4. The van der Waals surface area contributed by atoms with Crippen molar-refractivity contribution in [2.45, 2.75) is 96.3 Å². The minimum absolute atomic E-state index is 0.0146. The zero-order valence-corrected chi connectivity index (χ0v) is 28.0. The van der Waals surface area contributed by atoms with Gasteiger partial charge in [0, 0.05) is 37.9 Å². The second-order valence-electron chi connectivity index (χ2n) is 11.2. The van der Waals surface area contributed by atoms with Gasteiger partial charge in [0.2, 0.25) is 0 Å². The highest BCUT2D eigenvalue weighted by Crippen LogP contribution is 2.50. The molecule has 0 radical (unpaired) electrons. The van der Waals surface area contributed by atoms with Gasteiger partial charge in [0.15, 0.2) is 0 Å². The second-order valence-corrected chi connectivity index (χ2v) is 15.6. The van der Waals surface area contributed by atoms with E-state index < -0.39 is 0 Å². The summed E-state index contributed by atoms with van der Waals surface area (Å²) in [5, 5.41) is 37.7. The van der Waals surface area contributed by atoms with E-state index in [1.54, 1.807) is 11.8 Å². The van der Waals surface area contributed by atoms with Gasteiger partial charge in [-0.15, -0.1) is 34.0 Å². The van der Waals surface area contributed by atoms with E-state index in [1.165, 1.54) is 96.9 Å². The molecule has 0 atom stereocenters. The lowest BCUT2D eigenvalue weighted by Crippen LogP contribution is -2.26. The van der Waals surface area contributed by atoms with Gasteiger partial charge in [-0.05, 0) is 61.1 Å². The number of fused-ring (bicyclic) bond motifs is 2. The van der Waals surface area contributed by atoms with Gasteiger partial charge in [-0.2, -0.15) is 21.0 Å². The minimum Gasteiger partial charge on any atom is -0.192 e. The molecule has 4 nitrogen and oxygen atoms in total. The van der Waals surface area contributed by atoms with Crippen LogP contribution in [0.2, 0.25) is 0 Å². The van der Waals surface area contributed by atoms with E-state index >= 15 is 0 Å². The first-order valence-electron chi connectivity index (χ1n) is 15.2. The predicted octanol–water partition coefficient (Wildman–Crippen LogP) is 9.12. The minimum atomic E-state index is -0.0146. The van der Waals surface area contributed by atoms with Gasteiger partial charge in [0.25, 0.3) is 0 Å². The summed E-state index contributed by atoms with van der Waals surface area (Å²) in [7, 11) is 0. The summed E-state index contributed by atoms with van der Waals surface area (Å²) in [5.41, 5.74) is 3.35. The van der Waals surface area contributed by atoms with Crippen molar-refractivity contribution in [1.82, 2.24) is 0 Å². The van der Waals surface area contributed by atoms with Gasteiger partial charge in [0.05, 0.1) is 4.53 Å². The number of rotatable bonds is 10. The van der Waals surface area contributed by atoms with Gasteiger partial charge in [-0.25, -0.2) is 0 Å². The van der Waals surface area contributed by atoms with Crippen molar-refractivity contribution in [2.24, 2.45) is 0 Å². The lowest BCUT2D eigenvalue weighted by atomic mass is 9.71. The molecular weight excluding hydrogens is 605 g/mol. The molecule has 0 spiro atoms. The summed E-state index contributed by atoms with van der Waals surface area (Å²) in [4.78, 5) is 2.18. The van der Waals surface area contributed by atoms with Gasteiger partial charge < -0.3 is 0 Å². The topological polar surface area (TPSA) is 95.2 Å². The zero-order valence-electron chi connectivity index (χ0n) is 24.7. The number of hydrogen-bond acceptors (Lipinski definition) is 8. The van der Waals surface area contributed by atoms with E-state index in [1.807, 2.05) is 40.9 Å². The SMILES string of the molecule is CCCCCCC1(CCCCCC)c2c/c(=c3\ccc(=C(C#N)C#N)s3)sc2=c2s/c(=C3\CCC(=C(C#N)C#N)S3)cc21. The standard InChI is InChI=1S/C35H34N4S4/c1-3-5-7-9-15-35(16-10-8-6-4-2)25-17-31(29-13-11-27(40-29)23(19-36)20-37)42-33(25)34-26(35)18-32(43-34)30-14-12-28(41-30)24(21-38)22-39/h11,13,17-18H,3-10,12,14-16H2,1-2H3/b31-29-,32-30+. The van der Waals surface area contributed by atoms with Crippen LogP contribution in [0.25, 0.3) is 10.5 Å². The lowest BCUT2D eigenvalue weighted by Gasteiger charge is -2.32. The summed E-state index contributed by atoms with van der Waals surface area (Å²) in [6.07, 6.45) is 13.8. The van der Waals surface area contributed by atoms with E-state index in [-0.39, 0.29) is 16.6 Å². The van der Waals surface area contributed by atoms with Crippen molar-refractivity contribution in [1.29, 1.82) is 21.0 Å². The van der Waals surface area contributed by atoms with Crippen LogP contribution in [0.5, 0.6) is 0 Å². The quantitative estimate of drug-likeness (QED) is 0.163. The Hall–Kier alpha value is -3.11. The molecule has 0 saturated carbocycles. The first-order valence-corrected chi connectivity index (χ1v) is 18.4. The van der Waals surface area contributed by atoms with Crippen molar-refractivity contribution < 1.29 is 0 Å². The Morgan fingerprint density at radius 2 is 1.26 bits per heavy atom. The molecule has 43 heavy (non-hydrogen) atoms. The number of unbranched alkanes of at least 4 members (excludes halogenated alkanes) is 6. The van der Waals surface area contributed by atoms with Crippen LogP contribution in [0.15, 0.2) is 34.7 Å². The van der Waals surface area contributed by atoms with Gasteiger partial charge >= 0.3 is 0 Å². The van der Waals surface area contributed by atoms with Crippen molar-refractivity contribution in [3.8, 4) is 24.3 Å². The molecule has 2 aliphatic rings. The third kappa shape index (κ3) is 6.13. The van der Waals surface area contributed by atoms with Crippen molar-refractivity contribution in [3.63, 3.8) is 0 Å². The highest BCUT2D eigenvalue weighted by atomic mass is 32.2. The normalized spacial score (nSPS) is 16.6. The highest BCUT2D eigenvalue weighted by Gasteiger charge is 2.40. The van der Waals surface area contributed by atoms with Crippen LogP contribution in [0.3, 0.4) is 0 Å². The molecule has 1 aliphatic carbocycles. The first-order chi connectivity index (χ1) is 21.0. The number of thiophene rings is 3. The summed E-state index contributed by atoms with van der Waals surface area (Å²) < 4.78 is 7.10. The molecule has 0 N–H and O–H groups in total. The fraction of sp³-hybridized carbons (Fsp3) is 0.429. The molecule has 4 heterocycles. The van der Waals surface area contributed by atoms with Crippen molar-refractivity contribution in [3.05, 3.63) is 73.1 Å². The summed E-state index contributed by atoms with van der Waals surface area (Å²) in [6.45, 7) is 4.53. The van der Waals surface area contributed by atoms with Gasteiger partial charge in [0.1, 0.15) is 35.4 Å². The second kappa shape index (κ2) is 14.1. The van der Waals surface area contributed by atoms with E-state index in [2.05, 4.69) is 44.2 Å². The third-order valence-electron chi connectivity index (χ3n) is 8.54. The van der Waals surface area contributed by atoms with Gasteiger partial charge in [-0.3, -0.25) is 0 Å². The van der Waals surface area contributed by atoms with E-state index in [0.717, 1.165) is 39.7 Å². The Morgan fingerprint density at radius 3 is 1.84 bits per heavy atom. The molecule has 0 amide bonds. The molecule has 3 aromatic heterocycles. The van der Waals surface area contributed by atoms with Gasteiger partial charge in [-0.1, -0.05) is 77.0 Å². The monoisotopic (exact) mass is 638 g/mol. The third-order valence-corrected chi connectivity index (χ3v) is 13.8. The number of allylic oxidation sites excluding steroid dienone is 2. The number of nitriles is 4. The van der Waals surface area contributed by atoms with Crippen LogP contribution in [-0.4, -0.2) is 0 Å². The number of nitrogens with zero attached hydrogens (tertiary/aromatic N) is 4. The fourth-order valence-corrected chi connectivity index (χ4v) is 11.3. The predicted molar refractivity (Wildman–Crippen MR) is 179 cm³/mol. The molecule has 1 aliphatic heterocycles. The lowest BCUT2D eigenvalue weighted by molar-refractivity contribution is 0.398. The van der Waals surface area contributed by atoms with Crippen LogP contribution in [0.1, 0.15) is 102 Å². The maximum absolute atomic E-state index is 9.43. The highest BCUT2D eigenvalue weighted by molar-refractivity contribution is 8.11. The van der Waals surface area contributed by atoms with Crippen LogP contribution in [-0.2, 0) is 5.41 Å². The molecule has 8 heteroatoms. The summed E-state index contributed by atoms with van der Waals surface area (Å²) >= 11 is 6.90. The van der Waals surface area contributed by atoms with E-state index in [9.17, 15) is 21.0 Å². The molecule has 0 bridgehead atoms. The Labute approximate surface area is 269 Å². The van der Waals surface area contributed by atoms with E-state index in [0.29, 0.717) is 0 Å². The van der Waals surface area contributed by atoms with Crippen LogP contribution >= 0.6 is 45.8 Å². The number of thioether (sulfide) groups is 1. The number of hydrogen-bond donors (Lipinski definition) is 0. The fourth-order valence-electron chi connectivity index (χ4n) is 6.32. The molecule has 0 unspecified atom stereocenters. The molecule has 1 fully saturated rings. The largest absolute Gasteiger partial charge is 0.192 e. The maximum atomic E-state index is 9.43. The Morgan fingerprint density at radius 1 is 0.674 bits per heavy atom. The molecule has 5 rings (SSSR count). The Kier molecular flexibility index (Phi) is 10.3. The molecule has 1 saturated heterocycles. The Bertz CT molecular complexity index is 2000. The molecule has 218 valence electrons. The van der Waals surface area contributed by atoms with Crippen molar-refractivity contribution in [2.75, 3.05) is 0 Å². The summed E-state index contributed by atoms with van der Waals surface area (Å²) in [5.74, 6) is 0. The van der Waals surface area contributed by atoms with Crippen LogP contribution < -0.4 is 9.06 Å². The maximum Gasteiger partial charge on any atom is 0.146 e. The average molecular weight is 639 g/mol. The smallest absolute Gasteiger partial charge is 0.146 e. The molecule has 0 aromatic carbocycles. The molecule has 3 aromatic rings. The van der Waals surface area contributed by atoms with Crippen LogP contribution in [0, 0.1) is 63.5 Å².